The molecule has 4 amide bonds. The van der Waals surface area contributed by atoms with Gasteiger partial charge in [0.15, 0.2) is 0 Å². The molecule has 4 fully saturated rings. The van der Waals surface area contributed by atoms with Gasteiger partial charge in [0, 0.05) is 143 Å². The summed E-state index contributed by atoms with van der Waals surface area (Å²) in [6.07, 6.45) is 5.99. The zero-order valence-corrected chi connectivity index (χ0v) is 55.5. The Morgan fingerprint density at radius 3 is 1.39 bits per heavy atom. The van der Waals surface area contributed by atoms with Crippen LogP contribution < -0.4 is 25.6 Å². The van der Waals surface area contributed by atoms with E-state index in [0.29, 0.717) is 167 Å². The van der Waals surface area contributed by atoms with Crippen LogP contribution in [0, 0.1) is 23.5 Å². The van der Waals surface area contributed by atoms with Gasteiger partial charge in [0.25, 0.3) is 0 Å². The summed E-state index contributed by atoms with van der Waals surface area (Å²) in [7, 11) is -1.34. The zero-order chi connectivity index (χ0) is 63.7. The summed E-state index contributed by atoms with van der Waals surface area (Å²) in [5.74, 6) is -0.175. The first-order valence-corrected chi connectivity index (χ1v) is 33.2. The van der Waals surface area contributed by atoms with Crippen LogP contribution in [0.4, 0.5) is 20.2 Å². The van der Waals surface area contributed by atoms with E-state index in [0.717, 1.165) is 41.4 Å². The maximum atomic E-state index is 15.6. The number of carbonyl (C=O) groups excluding carboxylic acids is 5. The lowest BCUT2D eigenvalue weighted by Crippen LogP contribution is -2.56. The number of amides is 4. The van der Waals surface area contributed by atoms with Gasteiger partial charge in [-0.2, -0.15) is 0 Å². The van der Waals surface area contributed by atoms with Crippen LogP contribution in [-0.4, -0.2) is 149 Å². The van der Waals surface area contributed by atoms with Gasteiger partial charge in [-0.15, -0.1) is 0 Å². The molecule has 0 aliphatic carbocycles. The summed E-state index contributed by atoms with van der Waals surface area (Å²) in [6.45, 7) is 21.7. The molecule has 4 aromatic rings. The minimum atomic E-state index is -1.34. The van der Waals surface area contributed by atoms with Gasteiger partial charge in [-0.1, -0.05) is 117 Å². The molecule has 8 rings (SSSR count). The number of aldehydes is 1. The molecule has 0 bridgehead atoms. The van der Waals surface area contributed by atoms with Crippen molar-refractivity contribution in [2.24, 2.45) is 17.6 Å². The number of hydrogen-bond acceptors (Lipinski definition) is 10. The van der Waals surface area contributed by atoms with Crippen LogP contribution in [0.25, 0.3) is 0 Å². The van der Waals surface area contributed by atoms with Crippen LogP contribution >= 0.6 is 46.4 Å². The quantitative estimate of drug-likeness (QED) is 0.0643. The normalized spacial score (nSPS) is 17.4. The number of nitrogens with two attached hydrogens (primary N) is 1. The highest BCUT2D eigenvalue weighted by atomic mass is 35.5. The number of halogens is 6. The molecule has 0 spiro atoms. The summed E-state index contributed by atoms with van der Waals surface area (Å²) in [6, 6.07) is 19.1. The van der Waals surface area contributed by atoms with Crippen LogP contribution in [0.5, 0.6) is 0 Å². The van der Waals surface area contributed by atoms with Crippen molar-refractivity contribution in [3.63, 3.8) is 0 Å². The molecule has 0 radical (unpaired) electrons. The molecule has 478 valence electrons. The molecule has 87 heavy (non-hydrogen) atoms. The summed E-state index contributed by atoms with van der Waals surface area (Å²) in [4.78, 5) is 73.4. The van der Waals surface area contributed by atoms with E-state index in [1.807, 2.05) is 55.7 Å². The van der Waals surface area contributed by atoms with Crippen molar-refractivity contribution in [1.82, 2.24) is 29.6 Å². The summed E-state index contributed by atoms with van der Waals surface area (Å²) < 4.78 is 46.8. The van der Waals surface area contributed by atoms with Crippen molar-refractivity contribution in [3.05, 3.63) is 127 Å². The average molecular weight is 1300 g/mol. The van der Waals surface area contributed by atoms with Crippen LogP contribution in [0.3, 0.4) is 0 Å². The van der Waals surface area contributed by atoms with Crippen LogP contribution in [0.2, 0.25) is 20.1 Å². The van der Waals surface area contributed by atoms with Crippen molar-refractivity contribution in [3.8, 4) is 0 Å². The highest BCUT2D eigenvalue weighted by Gasteiger charge is 2.40. The second-order valence-electron chi connectivity index (χ2n) is 24.5. The minimum Gasteiger partial charge on any atom is -0.365 e. The Morgan fingerprint density at radius 1 is 0.644 bits per heavy atom. The lowest BCUT2D eigenvalue weighted by Gasteiger charge is -2.40. The highest BCUT2D eigenvalue weighted by molar-refractivity contribution is 7.84. The number of benzene rings is 4. The number of anilines is 2. The lowest BCUT2D eigenvalue weighted by molar-refractivity contribution is -0.143. The van der Waals surface area contributed by atoms with E-state index in [1.54, 1.807) is 62.1 Å². The molecular formula is C65H89Cl4F2N9O6S. The summed E-state index contributed by atoms with van der Waals surface area (Å²) in [5.41, 5.74) is 10.1. The van der Waals surface area contributed by atoms with E-state index in [2.05, 4.69) is 37.7 Å². The first-order valence-electron chi connectivity index (χ1n) is 30.5. The molecule has 5 atom stereocenters. The fourth-order valence-electron chi connectivity index (χ4n) is 11.5. The third-order valence-corrected chi connectivity index (χ3v) is 18.7. The Labute approximate surface area is 536 Å². The van der Waals surface area contributed by atoms with E-state index in [4.69, 9.17) is 52.1 Å². The number of hydrogen-bond donors (Lipinski definition) is 3. The van der Waals surface area contributed by atoms with Crippen molar-refractivity contribution in [2.45, 2.75) is 142 Å². The monoisotopic (exact) mass is 1300 g/mol. The number of nitrogens with zero attached hydrogens (tertiary/aromatic N) is 6. The smallest absolute Gasteiger partial charge is 0.245 e. The number of carbonyl (C=O) groups is 5. The van der Waals surface area contributed by atoms with Gasteiger partial charge in [-0.3, -0.25) is 19.2 Å². The van der Waals surface area contributed by atoms with Crippen molar-refractivity contribution in [2.75, 3.05) is 88.3 Å². The third kappa shape index (κ3) is 19.8. The Morgan fingerprint density at radius 2 is 1.05 bits per heavy atom. The predicted molar refractivity (Wildman–Crippen MR) is 349 cm³/mol. The minimum absolute atomic E-state index is 0.0146. The largest absolute Gasteiger partial charge is 0.365 e. The first-order chi connectivity index (χ1) is 41.4. The molecule has 4 saturated heterocycles. The van der Waals surface area contributed by atoms with Gasteiger partial charge in [-0.25, -0.2) is 17.7 Å². The molecule has 4 aliphatic heterocycles. The van der Waals surface area contributed by atoms with E-state index in [-0.39, 0.29) is 47.3 Å². The first kappa shape index (κ1) is 71.2. The Hall–Kier alpha value is -4.92. The van der Waals surface area contributed by atoms with E-state index >= 15 is 8.78 Å². The molecule has 4 aliphatic rings. The van der Waals surface area contributed by atoms with Crippen LogP contribution in [-0.2, 0) is 47.8 Å². The standard InChI is InChI=1S/C32H43Cl2FN4O3S.C30H40Cl2FN5O2.C3H6O/c1-21(2)18-27(36-43(42)32(3,4)5)24-8-6-9-26(35)30(24)37-14-16-38(17-15-37)31(41)28(39-13-7-10-29(39)40)19-22-11-12-23(33)20-25(22)34;1-20(2)17-26(35-11-10-34)23-5-3-6-25(33)29(23)36-13-15-37(16-14-36)30(40)27(38-12-4-7-28(38)39)18-21-8-9-22(31)19-24(21)32;1-2-3-4/h6,8-9,11-12,20-21,27-28,36H,7,10,13-19H2,1-5H3;3,5-6,8-9,19-20,26-27,35H,4,7,10-18,34H2,1-2H3;3H,2H2,1H3/t27-,28+,43-;26-,27+;/m00./s1. The van der Waals surface area contributed by atoms with Crippen molar-refractivity contribution in [1.29, 1.82) is 0 Å². The molecule has 0 saturated carbocycles. The third-order valence-electron chi connectivity index (χ3n) is 15.9. The summed E-state index contributed by atoms with van der Waals surface area (Å²) >= 11 is 25.1. The van der Waals surface area contributed by atoms with Gasteiger partial charge in [0.2, 0.25) is 23.6 Å². The molecule has 4 aromatic carbocycles. The lowest BCUT2D eigenvalue weighted by atomic mass is 9.94. The fourth-order valence-corrected chi connectivity index (χ4v) is 13.3. The molecule has 4 N–H and O–H groups in total. The van der Waals surface area contributed by atoms with Gasteiger partial charge < -0.3 is 45.2 Å². The maximum absolute atomic E-state index is 15.6. The van der Waals surface area contributed by atoms with E-state index < -0.39 is 27.8 Å². The summed E-state index contributed by atoms with van der Waals surface area (Å²) in [5, 5.41) is 5.46. The average Bonchev–Trinajstić information content (AvgIpc) is 3.15. The molecule has 22 heteroatoms. The number of piperazine rings is 2. The number of likely N-dealkylation sites (tertiary alicyclic amines) is 2. The predicted octanol–water partition coefficient (Wildman–Crippen LogP) is 11.4. The second-order valence-corrected chi connectivity index (χ2v) is 28.1. The van der Waals surface area contributed by atoms with E-state index in [9.17, 15) is 28.2 Å². The topological polar surface area (TPSA) is 172 Å². The van der Waals surface area contributed by atoms with Crippen LogP contribution in [0.1, 0.15) is 135 Å². The number of para-hydroxylation sites is 2. The number of rotatable bonds is 22. The SMILES string of the molecule is CC(C)C[C@H](NCCN)c1cccc(F)c1N1CCN(C(=O)[C@@H](Cc2ccc(Cl)cc2Cl)N2CCCC2=O)CC1.CC(C)C[C@H](N[S@@](=O)C(C)(C)C)c1cccc(F)c1N1CCN(C(=O)[C@@H](Cc2ccc(Cl)cc2Cl)N2CCCC2=O)CC1.CCC=O. The van der Waals surface area contributed by atoms with Gasteiger partial charge in [-0.05, 0) is 117 Å². The molecule has 15 nitrogen and oxygen atoms in total. The molecule has 4 heterocycles. The Kier molecular flexibility index (Phi) is 27.6. The second kappa shape index (κ2) is 33.8. The fraction of sp³-hybridized carbons (Fsp3) is 0.554. The number of nitrogens with one attached hydrogen (secondary N) is 2. The maximum Gasteiger partial charge on any atom is 0.245 e. The Balaban J connectivity index is 0.000000262. The molecule has 0 aromatic heterocycles. The van der Waals surface area contributed by atoms with Crippen molar-refractivity contribution >= 4 is 98.7 Å². The van der Waals surface area contributed by atoms with E-state index in [1.165, 1.54) is 12.1 Å². The molecular weight excluding hydrogens is 1210 g/mol. The highest BCUT2D eigenvalue weighted by Crippen LogP contribution is 2.37. The van der Waals surface area contributed by atoms with Gasteiger partial charge >= 0.3 is 0 Å². The zero-order valence-electron chi connectivity index (χ0n) is 51.7. The van der Waals surface area contributed by atoms with Gasteiger partial charge in [0.1, 0.15) is 30.0 Å². The van der Waals surface area contributed by atoms with Gasteiger partial charge in [0.05, 0.1) is 27.1 Å². The van der Waals surface area contributed by atoms with Crippen molar-refractivity contribution < 1.29 is 37.0 Å². The van der Waals surface area contributed by atoms with Crippen LogP contribution in [0.15, 0.2) is 72.8 Å². The molecule has 0 unspecified atom stereocenters. The Bertz CT molecular complexity index is 3000.